The van der Waals surface area contributed by atoms with Gasteiger partial charge in [0.15, 0.2) is 0 Å². The maximum atomic E-state index is 6.15. The predicted octanol–water partition coefficient (Wildman–Crippen LogP) is 1.55. The number of aryl methyl sites for hydroxylation is 2. The Hall–Kier alpha value is -1.19. The molecule has 0 aromatic carbocycles. The molecule has 1 aromatic rings. The molecule has 0 aliphatic carbocycles. The van der Waals surface area contributed by atoms with Crippen LogP contribution in [0.2, 0.25) is 0 Å². The Kier molecular flexibility index (Phi) is 2.84. The van der Waals surface area contributed by atoms with Gasteiger partial charge in [-0.3, -0.25) is 4.68 Å². The molecule has 0 atom stereocenters. The second kappa shape index (κ2) is 4.13. The normalized spacial score (nSPS) is 16.3. The minimum atomic E-state index is 0.890. The van der Waals surface area contributed by atoms with Crippen molar-refractivity contribution in [2.24, 2.45) is 7.05 Å². The molecule has 0 bridgehead atoms. The van der Waals surface area contributed by atoms with Gasteiger partial charge in [-0.25, -0.2) is 0 Å². The standard InChI is InChI=1S/C11H20N4/c1-3-6-9-10(12)11(14(2)13-9)15-7-4-5-8-15/h3-8,12H2,1-2H3. The number of hydrogen-bond donors (Lipinski definition) is 1. The number of nitrogens with two attached hydrogens (primary N) is 1. The Morgan fingerprint density at radius 1 is 1.33 bits per heavy atom. The second-order valence-electron chi connectivity index (χ2n) is 4.25. The van der Waals surface area contributed by atoms with Crippen LogP contribution < -0.4 is 10.6 Å². The highest BCUT2D eigenvalue weighted by Crippen LogP contribution is 2.29. The molecule has 0 spiro atoms. The minimum absolute atomic E-state index is 0.890. The van der Waals surface area contributed by atoms with Gasteiger partial charge in [0.2, 0.25) is 0 Å². The lowest BCUT2D eigenvalue weighted by molar-refractivity contribution is 0.716. The first-order valence-corrected chi connectivity index (χ1v) is 5.80. The highest BCUT2D eigenvalue weighted by atomic mass is 15.4. The van der Waals surface area contributed by atoms with Gasteiger partial charge in [0, 0.05) is 20.1 Å². The third kappa shape index (κ3) is 1.80. The Morgan fingerprint density at radius 2 is 2.00 bits per heavy atom. The topological polar surface area (TPSA) is 47.1 Å². The summed E-state index contributed by atoms with van der Waals surface area (Å²) >= 11 is 0. The van der Waals surface area contributed by atoms with Crippen LogP contribution >= 0.6 is 0 Å². The fraction of sp³-hybridized carbons (Fsp3) is 0.727. The number of aromatic nitrogens is 2. The maximum absolute atomic E-state index is 6.15. The van der Waals surface area contributed by atoms with Crippen molar-refractivity contribution in [1.82, 2.24) is 9.78 Å². The summed E-state index contributed by atoms with van der Waals surface area (Å²) in [5.41, 5.74) is 8.09. The molecule has 2 rings (SSSR count). The zero-order chi connectivity index (χ0) is 10.8. The molecule has 2 N–H and O–H groups in total. The van der Waals surface area contributed by atoms with Gasteiger partial charge in [0.1, 0.15) is 5.82 Å². The van der Waals surface area contributed by atoms with E-state index in [0.29, 0.717) is 0 Å². The van der Waals surface area contributed by atoms with Gasteiger partial charge in [-0.15, -0.1) is 0 Å². The van der Waals surface area contributed by atoms with Crippen LogP contribution in [-0.2, 0) is 13.5 Å². The molecule has 0 radical (unpaired) electrons. The van der Waals surface area contributed by atoms with Gasteiger partial charge in [0.05, 0.1) is 11.4 Å². The summed E-state index contributed by atoms with van der Waals surface area (Å²) in [5.74, 6) is 1.12. The molecule has 0 saturated carbocycles. The highest BCUT2D eigenvalue weighted by molar-refractivity contribution is 5.66. The number of rotatable bonds is 3. The average molecular weight is 208 g/mol. The molecule has 1 aromatic heterocycles. The molecule has 4 nitrogen and oxygen atoms in total. The van der Waals surface area contributed by atoms with Crippen LogP contribution in [0.25, 0.3) is 0 Å². The first kappa shape index (κ1) is 10.3. The van der Waals surface area contributed by atoms with Crippen LogP contribution in [0.5, 0.6) is 0 Å². The summed E-state index contributed by atoms with van der Waals surface area (Å²) in [6, 6.07) is 0. The molecule has 84 valence electrons. The molecule has 4 heteroatoms. The van der Waals surface area contributed by atoms with Crippen molar-refractivity contribution < 1.29 is 0 Å². The Labute approximate surface area is 91.1 Å². The fourth-order valence-corrected chi connectivity index (χ4v) is 2.31. The zero-order valence-electron chi connectivity index (χ0n) is 9.66. The third-order valence-electron chi connectivity index (χ3n) is 3.02. The van der Waals surface area contributed by atoms with Crippen molar-refractivity contribution in [2.45, 2.75) is 32.6 Å². The zero-order valence-corrected chi connectivity index (χ0v) is 9.66. The van der Waals surface area contributed by atoms with Crippen LogP contribution in [0.15, 0.2) is 0 Å². The maximum Gasteiger partial charge on any atom is 0.150 e. The van der Waals surface area contributed by atoms with Gasteiger partial charge >= 0.3 is 0 Å². The first-order valence-electron chi connectivity index (χ1n) is 5.80. The second-order valence-corrected chi connectivity index (χ2v) is 4.25. The highest BCUT2D eigenvalue weighted by Gasteiger charge is 2.21. The quantitative estimate of drug-likeness (QED) is 0.820. The van der Waals surface area contributed by atoms with Crippen molar-refractivity contribution in [3.8, 4) is 0 Å². The molecule has 1 aliphatic heterocycles. The number of nitrogen functional groups attached to an aromatic ring is 1. The summed E-state index contributed by atoms with van der Waals surface area (Å²) in [6.07, 6.45) is 4.62. The molecular weight excluding hydrogens is 188 g/mol. The van der Waals surface area contributed by atoms with Crippen molar-refractivity contribution in [1.29, 1.82) is 0 Å². The van der Waals surface area contributed by atoms with Gasteiger partial charge in [0.25, 0.3) is 0 Å². The van der Waals surface area contributed by atoms with Gasteiger partial charge in [-0.05, 0) is 19.3 Å². The van der Waals surface area contributed by atoms with Crippen molar-refractivity contribution >= 4 is 11.5 Å². The fourth-order valence-electron chi connectivity index (χ4n) is 2.31. The number of anilines is 2. The summed E-state index contributed by atoms with van der Waals surface area (Å²) in [6.45, 7) is 4.40. The predicted molar refractivity (Wildman–Crippen MR) is 63.1 cm³/mol. The van der Waals surface area contributed by atoms with Crippen molar-refractivity contribution in [2.75, 3.05) is 23.7 Å². The largest absolute Gasteiger partial charge is 0.394 e. The SMILES string of the molecule is CCCc1nn(C)c(N2CCCC2)c1N. The van der Waals surface area contributed by atoms with E-state index in [9.17, 15) is 0 Å². The van der Waals surface area contributed by atoms with Crippen LogP contribution in [0.4, 0.5) is 11.5 Å². The molecular formula is C11H20N4. The average Bonchev–Trinajstić information content (AvgIpc) is 2.77. The number of hydrogen-bond acceptors (Lipinski definition) is 3. The first-order chi connectivity index (χ1) is 7.24. The molecule has 0 amide bonds. The van der Waals surface area contributed by atoms with Crippen molar-refractivity contribution in [3.63, 3.8) is 0 Å². The summed E-state index contributed by atoms with van der Waals surface area (Å²) in [5, 5.41) is 4.49. The van der Waals surface area contributed by atoms with E-state index < -0.39 is 0 Å². The lowest BCUT2D eigenvalue weighted by atomic mass is 10.2. The third-order valence-corrected chi connectivity index (χ3v) is 3.02. The van der Waals surface area contributed by atoms with E-state index in [0.717, 1.165) is 43.1 Å². The Balaban J connectivity index is 2.29. The molecule has 1 aliphatic rings. The number of nitrogens with zero attached hydrogens (tertiary/aromatic N) is 3. The van der Waals surface area contributed by atoms with Crippen molar-refractivity contribution in [3.05, 3.63) is 5.69 Å². The molecule has 15 heavy (non-hydrogen) atoms. The van der Waals surface area contributed by atoms with Crippen LogP contribution in [-0.4, -0.2) is 22.9 Å². The summed E-state index contributed by atoms with van der Waals surface area (Å²) in [4.78, 5) is 2.35. The van der Waals surface area contributed by atoms with E-state index in [1.165, 1.54) is 12.8 Å². The van der Waals surface area contributed by atoms with E-state index in [-0.39, 0.29) is 0 Å². The monoisotopic (exact) mass is 208 g/mol. The van der Waals surface area contributed by atoms with E-state index in [2.05, 4.69) is 16.9 Å². The summed E-state index contributed by atoms with van der Waals surface area (Å²) < 4.78 is 1.94. The van der Waals surface area contributed by atoms with Gasteiger partial charge in [-0.2, -0.15) is 5.10 Å². The molecule has 1 saturated heterocycles. The lowest BCUT2D eigenvalue weighted by Gasteiger charge is -2.17. The lowest BCUT2D eigenvalue weighted by Crippen LogP contribution is -2.21. The van der Waals surface area contributed by atoms with E-state index >= 15 is 0 Å². The summed E-state index contributed by atoms with van der Waals surface area (Å²) in [7, 11) is 1.99. The molecule has 2 heterocycles. The van der Waals surface area contributed by atoms with Gasteiger partial charge in [-0.1, -0.05) is 13.3 Å². The molecule has 0 unspecified atom stereocenters. The Morgan fingerprint density at radius 3 is 2.60 bits per heavy atom. The Bertz CT molecular complexity index is 337. The minimum Gasteiger partial charge on any atom is -0.394 e. The van der Waals surface area contributed by atoms with Crippen LogP contribution in [0.1, 0.15) is 31.9 Å². The van der Waals surface area contributed by atoms with Gasteiger partial charge < -0.3 is 10.6 Å². The van der Waals surface area contributed by atoms with Crippen LogP contribution in [0.3, 0.4) is 0 Å². The van der Waals surface area contributed by atoms with E-state index in [1.807, 2.05) is 11.7 Å². The smallest absolute Gasteiger partial charge is 0.150 e. The van der Waals surface area contributed by atoms with Crippen LogP contribution in [0, 0.1) is 0 Å². The molecule has 1 fully saturated rings. The van der Waals surface area contributed by atoms with E-state index in [4.69, 9.17) is 5.73 Å². The van der Waals surface area contributed by atoms with E-state index in [1.54, 1.807) is 0 Å².